The van der Waals surface area contributed by atoms with E-state index >= 15 is 0 Å². The standard InChI is InChI=1S/C16H20N2O2/c19-15-8-4-5-9-16(15)20-12-13-10-11-18(17-13)14-6-2-1-3-7-14/h4-5,8-11,14,19H,1-3,6-7,12H2. The molecule has 0 bridgehead atoms. The van der Waals surface area contributed by atoms with Gasteiger partial charge in [-0.25, -0.2) is 0 Å². The molecule has 1 saturated carbocycles. The monoisotopic (exact) mass is 272 g/mol. The first kappa shape index (κ1) is 13.0. The smallest absolute Gasteiger partial charge is 0.161 e. The van der Waals surface area contributed by atoms with Crippen LogP contribution in [0.25, 0.3) is 0 Å². The lowest BCUT2D eigenvalue weighted by Gasteiger charge is -2.21. The zero-order chi connectivity index (χ0) is 13.8. The Morgan fingerprint density at radius 2 is 1.95 bits per heavy atom. The molecule has 3 rings (SSSR count). The summed E-state index contributed by atoms with van der Waals surface area (Å²) >= 11 is 0. The predicted molar refractivity (Wildman–Crippen MR) is 76.8 cm³/mol. The molecule has 0 unspecified atom stereocenters. The fraction of sp³-hybridized carbons (Fsp3) is 0.438. The zero-order valence-electron chi connectivity index (χ0n) is 11.5. The van der Waals surface area contributed by atoms with Gasteiger partial charge in [-0.15, -0.1) is 0 Å². The van der Waals surface area contributed by atoms with E-state index in [0.29, 0.717) is 18.4 Å². The molecule has 1 aliphatic carbocycles. The van der Waals surface area contributed by atoms with Crippen LogP contribution in [-0.4, -0.2) is 14.9 Å². The molecule has 4 heteroatoms. The second kappa shape index (κ2) is 5.99. The molecule has 20 heavy (non-hydrogen) atoms. The van der Waals surface area contributed by atoms with Crippen molar-refractivity contribution in [1.29, 1.82) is 0 Å². The average Bonchev–Trinajstić information content (AvgIpc) is 2.96. The van der Waals surface area contributed by atoms with E-state index in [2.05, 4.69) is 9.78 Å². The molecule has 1 aromatic carbocycles. The van der Waals surface area contributed by atoms with Crippen LogP contribution in [0.3, 0.4) is 0 Å². The molecule has 4 nitrogen and oxygen atoms in total. The highest BCUT2D eigenvalue weighted by Gasteiger charge is 2.16. The summed E-state index contributed by atoms with van der Waals surface area (Å²) in [5.74, 6) is 0.666. The average molecular weight is 272 g/mol. The third-order valence-electron chi connectivity index (χ3n) is 3.85. The van der Waals surface area contributed by atoms with Gasteiger partial charge in [0.05, 0.1) is 11.7 Å². The Morgan fingerprint density at radius 1 is 1.15 bits per heavy atom. The van der Waals surface area contributed by atoms with Crippen LogP contribution in [0.5, 0.6) is 11.5 Å². The highest BCUT2D eigenvalue weighted by Crippen LogP contribution is 2.28. The molecule has 0 amide bonds. The summed E-state index contributed by atoms with van der Waals surface area (Å²) in [5.41, 5.74) is 0.902. The van der Waals surface area contributed by atoms with Crippen LogP contribution >= 0.6 is 0 Å². The Balaban J connectivity index is 1.61. The lowest BCUT2D eigenvalue weighted by molar-refractivity contribution is 0.278. The van der Waals surface area contributed by atoms with Crippen molar-refractivity contribution >= 4 is 0 Å². The minimum Gasteiger partial charge on any atom is -0.504 e. The SMILES string of the molecule is Oc1ccccc1OCc1ccn(C2CCCCC2)n1. The van der Waals surface area contributed by atoms with Crippen LogP contribution in [0.2, 0.25) is 0 Å². The first-order chi connectivity index (χ1) is 9.83. The number of aromatic hydroxyl groups is 1. The van der Waals surface area contributed by atoms with Gasteiger partial charge < -0.3 is 9.84 Å². The topological polar surface area (TPSA) is 47.3 Å². The maximum atomic E-state index is 9.65. The lowest BCUT2D eigenvalue weighted by Crippen LogP contribution is -2.13. The van der Waals surface area contributed by atoms with Crippen molar-refractivity contribution in [3.05, 3.63) is 42.2 Å². The molecule has 1 N–H and O–H groups in total. The van der Waals surface area contributed by atoms with Crippen molar-refractivity contribution in [2.45, 2.75) is 44.8 Å². The molecular weight excluding hydrogens is 252 g/mol. The highest BCUT2D eigenvalue weighted by atomic mass is 16.5. The first-order valence-electron chi connectivity index (χ1n) is 7.28. The maximum absolute atomic E-state index is 9.65. The van der Waals surface area contributed by atoms with Crippen LogP contribution in [0.15, 0.2) is 36.5 Å². The molecule has 0 spiro atoms. The van der Waals surface area contributed by atoms with Gasteiger partial charge in [-0.05, 0) is 31.0 Å². The third-order valence-corrected chi connectivity index (χ3v) is 3.85. The van der Waals surface area contributed by atoms with E-state index in [-0.39, 0.29) is 5.75 Å². The van der Waals surface area contributed by atoms with Crippen LogP contribution in [0, 0.1) is 0 Å². The Labute approximate surface area is 119 Å². The quantitative estimate of drug-likeness (QED) is 0.923. The number of para-hydroxylation sites is 2. The first-order valence-corrected chi connectivity index (χ1v) is 7.28. The number of rotatable bonds is 4. The van der Waals surface area contributed by atoms with Crippen LogP contribution in [0.4, 0.5) is 0 Å². The Hall–Kier alpha value is -1.97. The number of phenolic OH excluding ortho intramolecular Hbond substituents is 1. The number of aromatic nitrogens is 2. The molecule has 1 heterocycles. The summed E-state index contributed by atoms with van der Waals surface area (Å²) in [6, 6.07) is 9.54. The van der Waals surface area contributed by atoms with E-state index < -0.39 is 0 Å². The van der Waals surface area contributed by atoms with Crippen LogP contribution < -0.4 is 4.74 Å². The van der Waals surface area contributed by atoms with Gasteiger partial charge in [0.1, 0.15) is 6.61 Å². The van der Waals surface area contributed by atoms with E-state index in [0.717, 1.165) is 5.69 Å². The Kier molecular flexibility index (Phi) is 3.90. The van der Waals surface area contributed by atoms with Gasteiger partial charge in [-0.2, -0.15) is 5.10 Å². The molecular formula is C16H20N2O2. The summed E-state index contributed by atoms with van der Waals surface area (Å²) in [6.07, 6.45) is 8.44. The van der Waals surface area contributed by atoms with Crippen molar-refractivity contribution in [1.82, 2.24) is 9.78 Å². The third kappa shape index (κ3) is 2.95. The number of benzene rings is 1. The van der Waals surface area contributed by atoms with E-state index in [4.69, 9.17) is 4.74 Å². The summed E-state index contributed by atoms with van der Waals surface area (Å²) in [7, 11) is 0. The number of nitrogens with zero attached hydrogens (tertiary/aromatic N) is 2. The van der Waals surface area contributed by atoms with E-state index in [1.54, 1.807) is 18.2 Å². The lowest BCUT2D eigenvalue weighted by atomic mass is 9.96. The van der Waals surface area contributed by atoms with Gasteiger partial charge in [-0.1, -0.05) is 31.4 Å². The molecule has 1 aliphatic rings. The molecule has 0 atom stereocenters. The number of hydrogen-bond acceptors (Lipinski definition) is 3. The normalized spacial score (nSPS) is 16.2. The molecule has 2 aromatic rings. The second-order valence-corrected chi connectivity index (χ2v) is 5.34. The van der Waals surface area contributed by atoms with Gasteiger partial charge in [-0.3, -0.25) is 4.68 Å². The summed E-state index contributed by atoms with van der Waals surface area (Å²) in [5, 5.41) is 14.2. The van der Waals surface area contributed by atoms with Gasteiger partial charge in [0.2, 0.25) is 0 Å². The molecule has 0 radical (unpaired) electrons. The van der Waals surface area contributed by atoms with Crippen molar-refractivity contribution in [2.75, 3.05) is 0 Å². The molecule has 0 aliphatic heterocycles. The summed E-state index contributed by atoms with van der Waals surface area (Å²) in [6.45, 7) is 0.386. The van der Waals surface area contributed by atoms with Gasteiger partial charge in [0, 0.05) is 6.20 Å². The van der Waals surface area contributed by atoms with Gasteiger partial charge in [0.15, 0.2) is 11.5 Å². The Morgan fingerprint density at radius 3 is 2.75 bits per heavy atom. The Bertz CT molecular complexity index is 559. The van der Waals surface area contributed by atoms with E-state index in [9.17, 15) is 5.11 Å². The molecule has 1 aromatic heterocycles. The number of hydrogen-bond donors (Lipinski definition) is 1. The summed E-state index contributed by atoms with van der Waals surface area (Å²) in [4.78, 5) is 0. The van der Waals surface area contributed by atoms with Crippen molar-refractivity contribution in [2.24, 2.45) is 0 Å². The minimum atomic E-state index is 0.166. The van der Waals surface area contributed by atoms with Crippen molar-refractivity contribution < 1.29 is 9.84 Å². The largest absolute Gasteiger partial charge is 0.504 e. The predicted octanol–water partition coefficient (Wildman–Crippen LogP) is 3.67. The van der Waals surface area contributed by atoms with Crippen LogP contribution in [-0.2, 0) is 6.61 Å². The molecule has 0 saturated heterocycles. The zero-order valence-corrected chi connectivity index (χ0v) is 11.5. The van der Waals surface area contributed by atoms with Gasteiger partial charge in [0.25, 0.3) is 0 Å². The van der Waals surface area contributed by atoms with Crippen molar-refractivity contribution in [3.63, 3.8) is 0 Å². The number of phenols is 1. The maximum Gasteiger partial charge on any atom is 0.161 e. The van der Waals surface area contributed by atoms with E-state index in [1.807, 2.05) is 18.3 Å². The second-order valence-electron chi connectivity index (χ2n) is 5.34. The molecule has 106 valence electrons. The minimum absolute atomic E-state index is 0.166. The highest BCUT2D eigenvalue weighted by molar-refractivity contribution is 5.37. The fourth-order valence-electron chi connectivity index (χ4n) is 2.73. The van der Waals surface area contributed by atoms with Gasteiger partial charge >= 0.3 is 0 Å². The number of ether oxygens (including phenoxy) is 1. The van der Waals surface area contributed by atoms with Crippen molar-refractivity contribution in [3.8, 4) is 11.5 Å². The summed E-state index contributed by atoms with van der Waals surface area (Å²) < 4.78 is 7.67. The van der Waals surface area contributed by atoms with Crippen LogP contribution in [0.1, 0.15) is 43.8 Å². The molecule has 1 fully saturated rings. The van der Waals surface area contributed by atoms with E-state index in [1.165, 1.54) is 32.1 Å². The fourth-order valence-corrected chi connectivity index (χ4v) is 2.73.